The molecule has 0 amide bonds. The van der Waals surface area contributed by atoms with Crippen molar-refractivity contribution in [3.05, 3.63) is 33.3 Å². The van der Waals surface area contributed by atoms with Crippen LogP contribution in [-0.2, 0) is 4.79 Å². The average molecular weight is 262 g/mol. The van der Waals surface area contributed by atoms with Crippen molar-refractivity contribution in [1.82, 2.24) is 0 Å². The van der Waals surface area contributed by atoms with E-state index in [-0.39, 0.29) is 5.92 Å². The molecule has 0 spiro atoms. The Morgan fingerprint density at radius 1 is 1.62 bits per heavy atom. The molecule has 3 heteroatoms. The third-order valence-electron chi connectivity index (χ3n) is 1.94. The minimum absolute atomic E-state index is 0.183. The predicted octanol–water partition coefficient (Wildman–Crippen LogP) is 3.80. The summed E-state index contributed by atoms with van der Waals surface area (Å²) in [5, 5.41) is 0.720. The Morgan fingerprint density at radius 2 is 2.31 bits per heavy atom. The van der Waals surface area contributed by atoms with E-state index in [2.05, 4.69) is 15.9 Å². The first-order chi connectivity index (χ1) is 6.15. The summed E-state index contributed by atoms with van der Waals surface area (Å²) in [6, 6.07) is 5.68. The molecule has 1 nitrogen and oxygen atoms in total. The molecule has 0 saturated heterocycles. The van der Waals surface area contributed by atoms with Crippen LogP contribution >= 0.6 is 27.5 Å². The van der Waals surface area contributed by atoms with Gasteiger partial charge in [-0.15, -0.1) is 0 Å². The number of aldehydes is 1. The van der Waals surface area contributed by atoms with E-state index in [9.17, 15) is 4.79 Å². The van der Waals surface area contributed by atoms with E-state index in [0.29, 0.717) is 6.42 Å². The molecule has 0 radical (unpaired) electrons. The molecular weight excluding hydrogens is 251 g/mol. The average Bonchev–Trinajstić information content (AvgIpc) is 2.09. The van der Waals surface area contributed by atoms with Gasteiger partial charge in [0, 0.05) is 15.9 Å². The maximum Gasteiger partial charge on any atom is 0.120 e. The van der Waals surface area contributed by atoms with Gasteiger partial charge in [0.2, 0.25) is 0 Å². The van der Waals surface area contributed by atoms with Crippen LogP contribution in [0.4, 0.5) is 0 Å². The monoisotopic (exact) mass is 260 g/mol. The molecule has 1 rings (SSSR count). The molecule has 13 heavy (non-hydrogen) atoms. The normalized spacial score (nSPS) is 12.5. The van der Waals surface area contributed by atoms with Gasteiger partial charge < -0.3 is 4.79 Å². The van der Waals surface area contributed by atoms with E-state index in [4.69, 9.17) is 11.6 Å². The summed E-state index contributed by atoms with van der Waals surface area (Å²) >= 11 is 9.36. The van der Waals surface area contributed by atoms with Crippen molar-refractivity contribution < 1.29 is 4.79 Å². The van der Waals surface area contributed by atoms with Crippen LogP contribution in [0, 0.1) is 0 Å². The Labute approximate surface area is 91.2 Å². The van der Waals surface area contributed by atoms with E-state index < -0.39 is 0 Å². The SMILES string of the molecule is CC(CC=O)c1cc(Br)ccc1Cl. The zero-order valence-electron chi connectivity index (χ0n) is 7.26. The molecule has 1 aromatic rings. The van der Waals surface area contributed by atoms with Crippen molar-refractivity contribution in [3.8, 4) is 0 Å². The molecule has 0 heterocycles. The fraction of sp³-hybridized carbons (Fsp3) is 0.300. The zero-order chi connectivity index (χ0) is 9.84. The van der Waals surface area contributed by atoms with Crippen LogP contribution < -0.4 is 0 Å². The highest BCUT2D eigenvalue weighted by atomic mass is 79.9. The second-order valence-electron chi connectivity index (χ2n) is 2.97. The second kappa shape index (κ2) is 4.77. The summed E-state index contributed by atoms with van der Waals surface area (Å²) in [6.45, 7) is 1.99. The van der Waals surface area contributed by atoms with Crippen molar-refractivity contribution in [1.29, 1.82) is 0 Å². The van der Waals surface area contributed by atoms with E-state index in [1.54, 1.807) is 0 Å². The van der Waals surface area contributed by atoms with Gasteiger partial charge in [0.15, 0.2) is 0 Å². The van der Waals surface area contributed by atoms with Gasteiger partial charge in [-0.3, -0.25) is 0 Å². The summed E-state index contributed by atoms with van der Waals surface area (Å²) in [5.74, 6) is 0.183. The van der Waals surface area contributed by atoms with Gasteiger partial charge in [0.05, 0.1) is 0 Å². The lowest BCUT2D eigenvalue weighted by Gasteiger charge is -2.10. The molecule has 0 fully saturated rings. The molecule has 0 N–H and O–H groups in total. The third kappa shape index (κ3) is 2.82. The summed E-state index contributed by atoms with van der Waals surface area (Å²) < 4.78 is 0.990. The van der Waals surface area contributed by atoms with Crippen LogP contribution in [0.2, 0.25) is 5.02 Å². The van der Waals surface area contributed by atoms with Crippen LogP contribution in [-0.4, -0.2) is 6.29 Å². The third-order valence-corrected chi connectivity index (χ3v) is 2.78. The number of halogens is 2. The summed E-state index contributed by atoms with van der Waals surface area (Å²) in [5.41, 5.74) is 1.02. The number of carbonyl (C=O) groups is 1. The van der Waals surface area contributed by atoms with Gasteiger partial charge in [-0.2, -0.15) is 0 Å². The minimum Gasteiger partial charge on any atom is -0.303 e. The summed E-state index contributed by atoms with van der Waals surface area (Å²) in [4.78, 5) is 10.3. The van der Waals surface area contributed by atoms with Crippen LogP contribution in [0.25, 0.3) is 0 Å². The molecule has 0 aliphatic rings. The molecule has 70 valence electrons. The first kappa shape index (κ1) is 10.7. The fourth-order valence-corrected chi connectivity index (χ4v) is 1.85. The number of benzene rings is 1. The molecule has 1 aromatic carbocycles. The maximum absolute atomic E-state index is 10.3. The van der Waals surface area contributed by atoms with Gasteiger partial charge in [0.25, 0.3) is 0 Å². The van der Waals surface area contributed by atoms with Crippen LogP contribution in [0.5, 0.6) is 0 Å². The first-order valence-corrected chi connectivity index (χ1v) is 5.21. The topological polar surface area (TPSA) is 17.1 Å². The van der Waals surface area contributed by atoms with Crippen molar-refractivity contribution in [2.24, 2.45) is 0 Å². The van der Waals surface area contributed by atoms with Gasteiger partial charge in [-0.05, 0) is 29.7 Å². The number of carbonyl (C=O) groups excluding carboxylic acids is 1. The Hall–Kier alpha value is -0.340. The molecule has 1 atom stereocenters. The Kier molecular flexibility index (Phi) is 3.94. The standard InChI is InChI=1S/C10H10BrClO/c1-7(4-5-13)9-6-8(11)2-3-10(9)12/h2-3,5-7H,4H2,1H3. The van der Waals surface area contributed by atoms with Crippen LogP contribution in [0.1, 0.15) is 24.8 Å². The highest BCUT2D eigenvalue weighted by Crippen LogP contribution is 2.28. The van der Waals surface area contributed by atoms with Gasteiger partial charge in [0.1, 0.15) is 6.29 Å². The van der Waals surface area contributed by atoms with Gasteiger partial charge in [-0.1, -0.05) is 34.5 Å². The molecule has 0 bridgehead atoms. The Bertz CT molecular complexity index is 312. The minimum atomic E-state index is 0.183. The highest BCUT2D eigenvalue weighted by Gasteiger charge is 2.09. The summed E-state index contributed by atoms with van der Waals surface area (Å²) in [6.07, 6.45) is 1.43. The largest absolute Gasteiger partial charge is 0.303 e. The lowest BCUT2D eigenvalue weighted by atomic mass is 9.99. The van der Waals surface area contributed by atoms with Crippen molar-refractivity contribution in [2.45, 2.75) is 19.3 Å². The molecular formula is C10H10BrClO. The van der Waals surface area contributed by atoms with E-state index in [1.807, 2.05) is 25.1 Å². The van der Waals surface area contributed by atoms with Gasteiger partial charge in [-0.25, -0.2) is 0 Å². The predicted molar refractivity (Wildman–Crippen MR) is 58.2 cm³/mol. The fourth-order valence-electron chi connectivity index (χ4n) is 1.16. The molecule has 1 unspecified atom stereocenters. The Balaban J connectivity index is 2.97. The van der Waals surface area contributed by atoms with Gasteiger partial charge >= 0.3 is 0 Å². The molecule has 0 aliphatic carbocycles. The smallest absolute Gasteiger partial charge is 0.120 e. The van der Waals surface area contributed by atoms with Crippen LogP contribution in [0.3, 0.4) is 0 Å². The van der Waals surface area contributed by atoms with Crippen molar-refractivity contribution in [2.75, 3.05) is 0 Å². The quantitative estimate of drug-likeness (QED) is 0.757. The number of hydrogen-bond donors (Lipinski definition) is 0. The zero-order valence-corrected chi connectivity index (χ0v) is 9.60. The van der Waals surface area contributed by atoms with Crippen molar-refractivity contribution >= 4 is 33.8 Å². The molecule has 0 aromatic heterocycles. The summed E-state index contributed by atoms with van der Waals surface area (Å²) in [7, 11) is 0. The maximum atomic E-state index is 10.3. The lowest BCUT2D eigenvalue weighted by Crippen LogP contribution is -1.95. The van der Waals surface area contributed by atoms with E-state index in [0.717, 1.165) is 21.3 Å². The highest BCUT2D eigenvalue weighted by molar-refractivity contribution is 9.10. The number of rotatable bonds is 3. The van der Waals surface area contributed by atoms with Crippen molar-refractivity contribution in [3.63, 3.8) is 0 Å². The first-order valence-electron chi connectivity index (χ1n) is 4.03. The molecule has 0 aliphatic heterocycles. The van der Waals surface area contributed by atoms with E-state index in [1.165, 1.54) is 0 Å². The Morgan fingerprint density at radius 3 is 2.92 bits per heavy atom. The van der Waals surface area contributed by atoms with E-state index >= 15 is 0 Å². The molecule has 0 saturated carbocycles. The van der Waals surface area contributed by atoms with Crippen LogP contribution in [0.15, 0.2) is 22.7 Å². The lowest BCUT2D eigenvalue weighted by molar-refractivity contribution is -0.108. The number of hydrogen-bond acceptors (Lipinski definition) is 1. The second-order valence-corrected chi connectivity index (χ2v) is 4.29.